The molecule has 1 aliphatic heterocycles. The highest BCUT2D eigenvalue weighted by Crippen LogP contribution is 2.24. The van der Waals surface area contributed by atoms with Gasteiger partial charge in [-0.15, -0.1) is 0 Å². The molecule has 0 spiro atoms. The SMILES string of the molecule is CC(C)CC(NC(=O)C1CCN(C(=O)c2ccoc2)CC1)c1ccccc1. The standard InChI is InChI=1S/C22H28N2O3/c1-16(2)14-20(17-6-4-3-5-7-17)23-21(25)18-8-11-24(12-9-18)22(26)19-10-13-27-15-19/h3-7,10,13,15-16,18,20H,8-9,11-12,14H2,1-2H3,(H,23,25). The Morgan fingerprint density at radius 3 is 2.44 bits per heavy atom. The van der Waals surface area contributed by atoms with Crippen LogP contribution in [0.2, 0.25) is 0 Å². The molecule has 1 N–H and O–H groups in total. The maximum absolute atomic E-state index is 12.8. The smallest absolute Gasteiger partial charge is 0.257 e. The van der Waals surface area contributed by atoms with Gasteiger partial charge in [0.15, 0.2) is 0 Å². The maximum Gasteiger partial charge on any atom is 0.257 e. The Morgan fingerprint density at radius 1 is 1.15 bits per heavy atom. The molecule has 0 aliphatic carbocycles. The summed E-state index contributed by atoms with van der Waals surface area (Å²) in [7, 11) is 0. The zero-order valence-corrected chi connectivity index (χ0v) is 16.1. The van der Waals surface area contributed by atoms with Gasteiger partial charge in [-0.25, -0.2) is 0 Å². The van der Waals surface area contributed by atoms with Gasteiger partial charge in [0.25, 0.3) is 5.91 Å². The minimum Gasteiger partial charge on any atom is -0.472 e. The molecule has 0 radical (unpaired) electrons. The summed E-state index contributed by atoms with van der Waals surface area (Å²) in [5.74, 6) is 0.520. The molecule has 1 aliphatic rings. The topological polar surface area (TPSA) is 62.6 Å². The average molecular weight is 368 g/mol. The van der Waals surface area contributed by atoms with Gasteiger partial charge in [0.1, 0.15) is 6.26 Å². The van der Waals surface area contributed by atoms with E-state index in [1.807, 2.05) is 18.2 Å². The van der Waals surface area contributed by atoms with Crippen molar-refractivity contribution in [3.8, 4) is 0 Å². The first-order valence-electron chi connectivity index (χ1n) is 9.71. The fraction of sp³-hybridized carbons (Fsp3) is 0.455. The van der Waals surface area contributed by atoms with Crippen LogP contribution in [-0.4, -0.2) is 29.8 Å². The summed E-state index contributed by atoms with van der Waals surface area (Å²) in [5.41, 5.74) is 1.71. The van der Waals surface area contributed by atoms with Crippen LogP contribution < -0.4 is 5.32 Å². The molecule has 1 unspecified atom stereocenters. The third kappa shape index (κ3) is 5.00. The number of furan rings is 1. The number of carbonyl (C=O) groups excluding carboxylic acids is 2. The van der Waals surface area contributed by atoms with E-state index in [2.05, 4.69) is 31.3 Å². The van der Waals surface area contributed by atoms with E-state index in [9.17, 15) is 9.59 Å². The van der Waals surface area contributed by atoms with Crippen molar-refractivity contribution in [1.29, 1.82) is 0 Å². The highest BCUT2D eigenvalue weighted by Gasteiger charge is 2.29. The summed E-state index contributed by atoms with van der Waals surface area (Å²) in [6.45, 7) is 5.54. The summed E-state index contributed by atoms with van der Waals surface area (Å²) in [5, 5.41) is 3.25. The van der Waals surface area contributed by atoms with Gasteiger partial charge in [-0.05, 0) is 36.8 Å². The summed E-state index contributed by atoms with van der Waals surface area (Å²) in [6.07, 6.45) is 5.27. The molecular formula is C22H28N2O3. The number of nitrogens with zero attached hydrogens (tertiary/aromatic N) is 1. The largest absolute Gasteiger partial charge is 0.472 e. The molecule has 1 atom stereocenters. The molecule has 0 bridgehead atoms. The van der Waals surface area contributed by atoms with Crippen LogP contribution >= 0.6 is 0 Å². The Morgan fingerprint density at radius 2 is 1.85 bits per heavy atom. The van der Waals surface area contributed by atoms with Crippen molar-refractivity contribution in [2.24, 2.45) is 11.8 Å². The monoisotopic (exact) mass is 368 g/mol. The molecule has 27 heavy (non-hydrogen) atoms. The van der Waals surface area contributed by atoms with E-state index < -0.39 is 0 Å². The van der Waals surface area contributed by atoms with E-state index in [1.165, 1.54) is 12.5 Å². The van der Waals surface area contributed by atoms with Gasteiger partial charge in [0.05, 0.1) is 17.9 Å². The van der Waals surface area contributed by atoms with Crippen LogP contribution in [0.15, 0.2) is 53.3 Å². The maximum atomic E-state index is 12.8. The highest BCUT2D eigenvalue weighted by atomic mass is 16.3. The molecular weight excluding hydrogens is 340 g/mol. The zero-order valence-electron chi connectivity index (χ0n) is 16.1. The molecule has 2 heterocycles. The molecule has 2 aromatic rings. The summed E-state index contributed by atoms with van der Waals surface area (Å²) in [4.78, 5) is 27.0. The molecule has 1 aromatic heterocycles. The second kappa shape index (κ2) is 8.89. The number of hydrogen-bond donors (Lipinski definition) is 1. The van der Waals surface area contributed by atoms with E-state index in [1.54, 1.807) is 11.0 Å². The zero-order chi connectivity index (χ0) is 19.2. The number of likely N-dealkylation sites (tertiary alicyclic amines) is 1. The van der Waals surface area contributed by atoms with Gasteiger partial charge in [-0.1, -0.05) is 44.2 Å². The predicted molar refractivity (Wildman–Crippen MR) is 104 cm³/mol. The van der Waals surface area contributed by atoms with Gasteiger partial charge in [-0.3, -0.25) is 9.59 Å². The normalized spacial score (nSPS) is 16.3. The molecule has 5 heteroatoms. The Bertz CT molecular complexity index is 732. The Hall–Kier alpha value is -2.56. The minimum absolute atomic E-state index is 0.0235. The van der Waals surface area contributed by atoms with Crippen molar-refractivity contribution < 1.29 is 14.0 Å². The summed E-state index contributed by atoms with van der Waals surface area (Å²) < 4.78 is 4.99. The third-order valence-corrected chi connectivity index (χ3v) is 5.15. The molecule has 1 aromatic carbocycles. The van der Waals surface area contributed by atoms with E-state index in [0.717, 1.165) is 12.0 Å². The van der Waals surface area contributed by atoms with Gasteiger partial charge in [-0.2, -0.15) is 0 Å². The Labute approximate surface area is 160 Å². The van der Waals surface area contributed by atoms with E-state index >= 15 is 0 Å². The molecule has 1 fully saturated rings. The lowest BCUT2D eigenvalue weighted by Crippen LogP contribution is -2.43. The van der Waals surface area contributed by atoms with Crippen molar-refractivity contribution >= 4 is 11.8 Å². The van der Waals surface area contributed by atoms with E-state index in [4.69, 9.17) is 4.42 Å². The fourth-order valence-electron chi connectivity index (χ4n) is 3.64. The van der Waals surface area contributed by atoms with Crippen LogP contribution in [0.4, 0.5) is 0 Å². The summed E-state index contributed by atoms with van der Waals surface area (Å²) >= 11 is 0. The van der Waals surface area contributed by atoms with Crippen molar-refractivity contribution in [1.82, 2.24) is 10.2 Å². The number of amides is 2. The molecule has 5 nitrogen and oxygen atoms in total. The number of benzene rings is 1. The first-order chi connectivity index (χ1) is 13.0. The lowest BCUT2D eigenvalue weighted by Gasteiger charge is -2.32. The molecule has 1 saturated heterocycles. The van der Waals surface area contributed by atoms with Crippen LogP contribution in [0.25, 0.3) is 0 Å². The van der Waals surface area contributed by atoms with Gasteiger partial charge in [0.2, 0.25) is 5.91 Å². The van der Waals surface area contributed by atoms with Crippen molar-refractivity contribution in [2.45, 2.75) is 39.2 Å². The first kappa shape index (κ1) is 19.2. The molecule has 3 rings (SSSR count). The number of rotatable bonds is 6. The van der Waals surface area contributed by atoms with Gasteiger partial charge >= 0.3 is 0 Å². The average Bonchev–Trinajstić information content (AvgIpc) is 3.22. The lowest BCUT2D eigenvalue weighted by molar-refractivity contribution is -0.127. The van der Waals surface area contributed by atoms with Gasteiger partial charge < -0.3 is 14.6 Å². The molecule has 2 amide bonds. The van der Waals surface area contributed by atoms with Gasteiger partial charge in [0, 0.05) is 19.0 Å². The van der Waals surface area contributed by atoms with Crippen LogP contribution in [0, 0.1) is 11.8 Å². The Balaban J connectivity index is 1.57. The first-order valence-corrected chi connectivity index (χ1v) is 9.71. The van der Waals surface area contributed by atoms with E-state index in [0.29, 0.717) is 37.4 Å². The van der Waals surface area contributed by atoms with Crippen molar-refractivity contribution in [3.05, 3.63) is 60.1 Å². The lowest BCUT2D eigenvalue weighted by atomic mass is 9.92. The predicted octanol–water partition coefficient (Wildman–Crippen LogP) is 4.04. The number of hydrogen-bond acceptors (Lipinski definition) is 3. The number of piperidine rings is 1. The third-order valence-electron chi connectivity index (χ3n) is 5.15. The number of carbonyl (C=O) groups is 2. The number of nitrogens with one attached hydrogen (secondary N) is 1. The van der Waals surface area contributed by atoms with Crippen LogP contribution in [0.3, 0.4) is 0 Å². The second-order valence-corrected chi connectivity index (χ2v) is 7.68. The Kier molecular flexibility index (Phi) is 6.32. The molecule has 144 valence electrons. The fourth-order valence-corrected chi connectivity index (χ4v) is 3.64. The van der Waals surface area contributed by atoms with Crippen LogP contribution in [0.1, 0.15) is 55.1 Å². The highest BCUT2D eigenvalue weighted by molar-refractivity contribution is 5.94. The molecule has 0 saturated carbocycles. The minimum atomic E-state index is -0.0447. The van der Waals surface area contributed by atoms with Crippen LogP contribution in [0.5, 0.6) is 0 Å². The summed E-state index contributed by atoms with van der Waals surface area (Å²) in [6, 6.07) is 11.9. The van der Waals surface area contributed by atoms with E-state index in [-0.39, 0.29) is 23.8 Å². The second-order valence-electron chi connectivity index (χ2n) is 7.68. The van der Waals surface area contributed by atoms with Crippen LogP contribution in [-0.2, 0) is 4.79 Å². The quantitative estimate of drug-likeness (QED) is 0.837. The van der Waals surface area contributed by atoms with Crippen molar-refractivity contribution in [2.75, 3.05) is 13.1 Å². The van der Waals surface area contributed by atoms with Crippen molar-refractivity contribution in [3.63, 3.8) is 0 Å².